The van der Waals surface area contributed by atoms with Crippen molar-refractivity contribution in [2.45, 2.75) is 32.1 Å². The van der Waals surface area contributed by atoms with Crippen LogP contribution in [-0.2, 0) is 19.6 Å². The molecule has 1 aromatic rings. The van der Waals surface area contributed by atoms with Gasteiger partial charge in [0.25, 0.3) is 0 Å². The molecule has 2 rings (SSSR count). The summed E-state index contributed by atoms with van der Waals surface area (Å²) in [5, 5.41) is 0. The maximum atomic E-state index is 12.6. The van der Waals surface area contributed by atoms with Crippen LogP contribution in [-0.4, -0.2) is 69.9 Å². The monoisotopic (exact) mass is 397 g/mol. The number of hydrogen-bond acceptors (Lipinski definition) is 5. The van der Waals surface area contributed by atoms with E-state index in [1.807, 2.05) is 13.8 Å². The molecule has 1 saturated heterocycles. The summed E-state index contributed by atoms with van der Waals surface area (Å²) in [6.07, 6.45) is 0.0620. The van der Waals surface area contributed by atoms with Crippen LogP contribution in [0.15, 0.2) is 17.0 Å². The summed E-state index contributed by atoms with van der Waals surface area (Å²) >= 11 is 0. The minimum Gasteiger partial charge on any atom is -0.495 e. The molecule has 0 saturated carbocycles. The number of benzene rings is 1. The average Bonchev–Trinajstić information content (AvgIpc) is 2.63. The van der Waals surface area contributed by atoms with E-state index in [1.165, 1.54) is 14.0 Å². The summed E-state index contributed by atoms with van der Waals surface area (Å²) in [6.45, 7) is 7.17. The van der Waals surface area contributed by atoms with Gasteiger partial charge in [-0.3, -0.25) is 9.59 Å². The maximum absolute atomic E-state index is 12.6. The van der Waals surface area contributed by atoms with Gasteiger partial charge in [-0.25, -0.2) is 13.1 Å². The molecule has 2 amide bonds. The van der Waals surface area contributed by atoms with Crippen molar-refractivity contribution in [3.63, 3.8) is 0 Å². The zero-order valence-corrected chi connectivity index (χ0v) is 17.1. The van der Waals surface area contributed by atoms with Crippen molar-refractivity contribution in [1.82, 2.24) is 14.5 Å². The van der Waals surface area contributed by atoms with Crippen molar-refractivity contribution in [1.29, 1.82) is 0 Å². The molecule has 0 radical (unpaired) electrons. The Hall–Kier alpha value is -2.13. The van der Waals surface area contributed by atoms with Crippen molar-refractivity contribution in [2.24, 2.45) is 0 Å². The highest BCUT2D eigenvalue weighted by Gasteiger charge is 2.24. The fraction of sp³-hybridized carbons (Fsp3) is 0.556. The Morgan fingerprint density at radius 3 is 2.19 bits per heavy atom. The number of piperazine rings is 1. The maximum Gasteiger partial charge on any atom is 0.244 e. The van der Waals surface area contributed by atoms with Crippen LogP contribution in [0.1, 0.15) is 24.5 Å². The summed E-state index contributed by atoms with van der Waals surface area (Å²) in [5.41, 5.74) is 1.78. The Labute approximate surface area is 160 Å². The Bertz CT molecular complexity index is 815. The number of rotatable bonds is 6. The first kappa shape index (κ1) is 21.2. The van der Waals surface area contributed by atoms with Crippen LogP contribution < -0.4 is 9.46 Å². The number of aryl methyl sites for hydroxylation is 2. The third-order valence-corrected chi connectivity index (χ3v) is 6.26. The number of carbonyl (C=O) groups is 2. The number of nitrogens with zero attached hydrogens (tertiary/aromatic N) is 2. The predicted molar refractivity (Wildman–Crippen MR) is 101 cm³/mol. The van der Waals surface area contributed by atoms with Crippen molar-refractivity contribution in [2.75, 3.05) is 39.8 Å². The standard InChI is InChI=1S/C18H27N3O5S/c1-13-11-16(26-4)17(12-14(13)2)27(24,25)19-6-5-18(23)21-9-7-20(8-10-21)15(3)22/h11-12,19H,5-10H2,1-4H3. The van der Waals surface area contributed by atoms with Gasteiger partial charge in [0.1, 0.15) is 10.6 Å². The molecule has 0 spiro atoms. The van der Waals surface area contributed by atoms with Crippen molar-refractivity contribution < 1.29 is 22.7 Å². The van der Waals surface area contributed by atoms with Gasteiger partial charge < -0.3 is 14.5 Å². The molecule has 1 fully saturated rings. The topological polar surface area (TPSA) is 96.0 Å². The van der Waals surface area contributed by atoms with E-state index in [9.17, 15) is 18.0 Å². The van der Waals surface area contributed by atoms with E-state index in [1.54, 1.807) is 21.9 Å². The zero-order chi connectivity index (χ0) is 20.2. The molecule has 0 aromatic heterocycles. The molecule has 1 aromatic carbocycles. The number of ether oxygens (including phenoxy) is 1. The van der Waals surface area contributed by atoms with Crippen molar-refractivity contribution in [3.05, 3.63) is 23.3 Å². The molecule has 0 bridgehead atoms. The largest absolute Gasteiger partial charge is 0.495 e. The van der Waals surface area contributed by atoms with E-state index in [4.69, 9.17) is 4.74 Å². The second-order valence-electron chi connectivity index (χ2n) is 6.62. The fourth-order valence-corrected chi connectivity index (χ4v) is 4.20. The van der Waals surface area contributed by atoms with E-state index in [0.29, 0.717) is 26.2 Å². The molecule has 1 aliphatic rings. The Morgan fingerprint density at radius 2 is 1.63 bits per heavy atom. The normalized spacial score (nSPS) is 15.0. The summed E-state index contributed by atoms with van der Waals surface area (Å²) in [5.74, 6) is 0.141. The Kier molecular flexibility index (Phi) is 6.83. The van der Waals surface area contributed by atoms with Crippen LogP contribution in [0.4, 0.5) is 0 Å². The third kappa shape index (κ3) is 5.20. The quantitative estimate of drug-likeness (QED) is 0.761. The fourth-order valence-electron chi connectivity index (χ4n) is 2.93. The number of hydrogen-bond donors (Lipinski definition) is 1. The highest BCUT2D eigenvalue weighted by molar-refractivity contribution is 7.89. The summed E-state index contributed by atoms with van der Waals surface area (Å²) in [6, 6.07) is 3.25. The lowest BCUT2D eigenvalue weighted by Crippen LogP contribution is -2.50. The highest BCUT2D eigenvalue weighted by Crippen LogP contribution is 2.27. The number of methoxy groups -OCH3 is 1. The lowest BCUT2D eigenvalue weighted by Gasteiger charge is -2.34. The Balaban J connectivity index is 1.94. The van der Waals surface area contributed by atoms with Gasteiger partial charge in [-0.1, -0.05) is 0 Å². The summed E-state index contributed by atoms with van der Waals surface area (Å²) < 4.78 is 32.8. The molecular formula is C18H27N3O5S. The molecule has 8 nitrogen and oxygen atoms in total. The van der Waals surface area contributed by atoms with Crippen LogP contribution in [0.25, 0.3) is 0 Å². The van der Waals surface area contributed by atoms with Gasteiger partial charge in [0.15, 0.2) is 0 Å². The van der Waals surface area contributed by atoms with E-state index in [-0.39, 0.29) is 35.4 Å². The predicted octanol–water partition coefficient (Wildman–Crippen LogP) is 0.671. The lowest BCUT2D eigenvalue weighted by molar-refractivity contribution is -0.138. The molecule has 150 valence electrons. The Morgan fingerprint density at radius 1 is 1.07 bits per heavy atom. The SMILES string of the molecule is COc1cc(C)c(C)cc1S(=O)(=O)NCCC(=O)N1CCN(C(C)=O)CC1. The lowest BCUT2D eigenvalue weighted by atomic mass is 10.1. The first-order valence-electron chi connectivity index (χ1n) is 8.84. The minimum atomic E-state index is -3.79. The number of sulfonamides is 1. The van der Waals surface area contributed by atoms with Gasteiger partial charge in [0.2, 0.25) is 21.8 Å². The van der Waals surface area contributed by atoms with Crippen LogP contribution in [0, 0.1) is 13.8 Å². The minimum absolute atomic E-state index is 0.00259. The van der Waals surface area contributed by atoms with Crippen LogP contribution in [0.5, 0.6) is 5.75 Å². The molecule has 1 N–H and O–H groups in total. The molecule has 27 heavy (non-hydrogen) atoms. The highest BCUT2D eigenvalue weighted by atomic mass is 32.2. The number of nitrogens with one attached hydrogen (secondary N) is 1. The van der Waals surface area contributed by atoms with Gasteiger partial charge in [0.05, 0.1) is 7.11 Å². The van der Waals surface area contributed by atoms with Crippen molar-refractivity contribution in [3.8, 4) is 5.75 Å². The van der Waals surface area contributed by atoms with Gasteiger partial charge in [-0.2, -0.15) is 0 Å². The molecule has 1 heterocycles. The summed E-state index contributed by atoms with van der Waals surface area (Å²) in [7, 11) is -2.36. The van der Waals surface area contributed by atoms with Gasteiger partial charge in [-0.15, -0.1) is 0 Å². The van der Waals surface area contributed by atoms with Crippen LogP contribution in [0.3, 0.4) is 0 Å². The van der Waals surface area contributed by atoms with Crippen LogP contribution >= 0.6 is 0 Å². The second-order valence-corrected chi connectivity index (χ2v) is 8.36. The van der Waals surface area contributed by atoms with E-state index in [2.05, 4.69) is 4.72 Å². The van der Waals surface area contributed by atoms with Gasteiger partial charge >= 0.3 is 0 Å². The molecular weight excluding hydrogens is 370 g/mol. The number of amides is 2. The van der Waals surface area contributed by atoms with E-state index < -0.39 is 10.0 Å². The molecule has 0 atom stereocenters. The van der Waals surface area contributed by atoms with Crippen LogP contribution in [0.2, 0.25) is 0 Å². The smallest absolute Gasteiger partial charge is 0.244 e. The first-order chi connectivity index (χ1) is 12.7. The number of carbonyl (C=O) groups excluding carboxylic acids is 2. The molecule has 0 unspecified atom stereocenters. The van der Waals surface area contributed by atoms with E-state index >= 15 is 0 Å². The van der Waals surface area contributed by atoms with Crippen molar-refractivity contribution >= 4 is 21.8 Å². The average molecular weight is 397 g/mol. The molecule has 1 aliphatic heterocycles. The molecule has 0 aliphatic carbocycles. The summed E-state index contributed by atoms with van der Waals surface area (Å²) in [4.78, 5) is 27.0. The second kappa shape index (κ2) is 8.71. The van der Waals surface area contributed by atoms with E-state index in [0.717, 1.165) is 11.1 Å². The third-order valence-electron chi connectivity index (χ3n) is 4.78. The van der Waals surface area contributed by atoms with Gasteiger partial charge in [0, 0.05) is 46.1 Å². The molecule has 9 heteroatoms. The first-order valence-corrected chi connectivity index (χ1v) is 10.3. The van der Waals surface area contributed by atoms with Gasteiger partial charge in [-0.05, 0) is 37.1 Å². The zero-order valence-electron chi connectivity index (χ0n) is 16.2.